The second-order valence-electron chi connectivity index (χ2n) is 14.3. The number of aliphatic imine (C=N–C) groups is 2. The molecule has 2 aromatic carbocycles. The summed E-state index contributed by atoms with van der Waals surface area (Å²) in [5.74, 6) is 0. The van der Waals surface area contributed by atoms with E-state index in [0.29, 0.717) is 12.1 Å². The smallest absolute Gasteiger partial charge is 0.596 e. The van der Waals surface area contributed by atoms with Crippen molar-refractivity contribution in [1.29, 1.82) is 0 Å². The first kappa shape index (κ1) is 41.2. The summed E-state index contributed by atoms with van der Waals surface area (Å²) >= 11 is 0. The van der Waals surface area contributed by atoms with Crippen LogP contribution in [0.25, 0.3) is 0 Å². The minimum absolute atomic E-state index is 0. The van der Waals surface area contributed by atoms with Crippen LogP contribution in [0.15, 0.2) is 58.5 Å². The van der Waals surface area contributed by atoms with Gasteiger partial charge in [-0.25, -0.2) is 0 Å². The van der Waals surface area contributed by atoms with Gasteiger partial charge in [-0.1, -0.05) is 48.5 Å². The van der Waals surface area contributed by atoms with Crippen molar-refractivity contribution in [3.05, 3.63) is 123 Å². The topological polar surface area (TPSA) is 126 Å². The van der Waals surface area contributed by atoms with E-state index in [-0.39, 0.29) is 52.7 Å². The Morgan fingerprint density at radius 2 is 0.804 bits per heavy atom. The molecule has 13 heteroatoms. The van der Waals surface area contributed by atoms with E-state index in [1.165, 1.54) is 0 Å². The van der Waals surface area contributed by atoms with E-state index in [4.69, 9.17) is 28.1 Å². The number of hydrogen-bond acceptors (Lipinski definition) is 10. The van der Waals surface area contributed by atoms with Gasteiger partial charge in [-0.3, -0.25) is 9.98 Å². The van der Waals surface area contributed by atoms with Gasteiger partial charge >= 0.3 is 31.3 Å². The maximum atomic E-state index is 11.7. The average Bonchev–Trinajstić information content (AvgIpc) is 3.84. The van der Waals surface area contributed by atoms with Crippen LogP contribution in [0.3, 0.4) is 0 Å². The molecule has 0 unspecified atom stereocenters. The standard InChI is InChI=1S/2C19H23BNO4.Fe/c2*1-18(2)19(3,4)25-20(24-18)15-11-9-14(10-12-15)13-23-17(22)21-16-7-5-6-8-16;/h2*5-12H,13H2,1-4H3,(H,21,22);/q;;+2/p-2. The maximum absolute atomic E-state index is 11.7. The van der Waals surface area contributed by atoms with Crippen LogP contribution in [0.2, 0.25) is 0 Å². The summed E-state index contributed by atoms with van der Waals surface area (Å²) in [6, 6.07) is 16.5. The minimum Gasteiger partial charge on any atom is -0.596 e. The van der Waals surface area contributed by atoms with Crippen molar-refractivity contribution in [1.82, 2.24) is 0 Å². The van der Waals surface area contributed by atoms with Crippen LogP contribution < -0.4 is 21.1 Å². The predicted octanol–water partition coefficient (Wildman–Crippen LogP) is 3.16. The van der Waals surface area contributed by atoms with Crippen LogP contribution in [0.4, 0.5) is 0 Å². The molecule has 2 aliphatic heterocycles. The van der Waals surface area contributed by atoms with Crippen LogP contribution in [-0.4, -0.2) is 48.8 Å². The maximum Gasteiger partial charge on any atom is 2.00 e. The Hall–Kier alpha value is -2.53. The zero-order chi connectivity index (χ0) is 36.2. The summed E-state index contributed by atoms with van der Waals surface area (Å²) in [6.45, 7) is 16.5. The second-order valence-corrected chi connectivity index (χ2v) is 14.3. The zero-order valence-corrected chi connectivity index (χ0v) is 31.4. The molecule has 2 saturated carbocycles. The zero-order valence-electron chi connectivity index (χ0n) is 30.3. The first-order valence-electron chi connectivity index (χ1n) is 16.6. The van der Waals surface area contributed by atoms with Crippen LogP contribution in [0, 0.1) is 63.5 Å². The van der Waals surface area contributed by atoms with Gasteiger partial charge in [0.05, 0.1) is 34.5 Å². The van der Waals surface area contributed by atoms with E-state index in [0.717, 1.165) is 22.1 Å². The molecule has 2 aliphatic carbocycles. The molecular weight excluding hydrogens is 690 g/mol. The summed E-state index contributed by atoms with van der Waals surface area (Å²) < 4.78 is 34.4. The predicted molar refractivity (Wildman–Crippen MR) is 190 cm³/mol. The largest absolute Gasteiger partial charge is 2.00 e. The average molecular weight is 734 g/mol. The summed E-state index contributed by atoms with van der Waals surface area (Å²) in [7, 11) is -0.789. The molecule has 0 atom stereocenters. The van der Waals surface area contributed by atoms with E-state index < -0.39 is 26.4 Å². The summed E-state index contributed by atoms with van der Waals surface area (Å²) in [5.41, 5.74) is 2.17. The molecule has 4 aliphatic rings. The van der Waals surface area contributed by atoms with Gasteiger partial charge in [0.1, 0.15) is 12.2 Å². The minimum atomic E-state index is -0.596. The number of benzene rings is 2. The third kappa shape index (κ3) is 10.8. The molecule has 2 heterocycles. The number of ether oxygens (including phenoxy) is 2. The SMILES string of the molecule is CC1(C)OB(c2ccc(COC([O-])=N[C]3[CH][CH][CH][CH]3)cc2)OC1(C)C.CC1(C)OB(c2ccc(COC([O-])=N[C]3[CH][CH][CH][CH]3)cc2)OC1(C)C.[Fe+2]. The first-order chi connectivity index (χ1) is 23.5. The van der Waals surface area contributed by atoms with Crippen molar-refractivity contribution in [2.45, 2.75) is 91.0 Å². The molecule has 0 spiro atoms. The van der Waals surface area contributed by atoms with Crippen LogP contribution >= 0.6 is 0 Å². The van der Waals surface area contributed by atoms with E-state index in [1.807, 2.05) is 130 Å². The fourth-order valence-electron chi connectivity index (χ4n) is 4.94. The molecule has 4 fully saturated rings. The van der Waals surface area contributed by atoms with Gasteiger partial charge in [-0.05, 0) is 129 Å². The quantitative estimate of drug-likeness (QED) is 0.230. The van der Waals surface area contributed by atoms with E-state index >= 15 is 0 Å². The Morgan fingerprint density at radius 3 is 1.08 bits per heavy atom. The van der Waals surface area contributed by atoms with Gasteiger partial charge in [0.2, 0.25) is 0 Å². The van der Waals surface area contributed by atoms with E-state index in [1.54, 1.807) is 25.7 Å². The third-order valence-corrected chi connectivity index (χ3v) is 9.47. The monoisotopic (exact) mass is 734 g/mol. The van der Waals surface area contributed by atoms with Crippen molar-refractivity contribution >= 4 is 37.3 Å². The molecule has 268 valence electrons. The molecule has 0 amide bonds. The number of hydrogen-bond donors (Lipinski definition) is 0. The fraction of sp³-hybridized carbons (Fsp3) is 0.368. The van der Waals surface area contributed by atoms with Crippen LogP contribution in [0.5, 0.6) is 0 Å². The van der Waals surface area contributed by atoms with Crippen molar-refractivity contribution in [3.63, 3.8) is 0 Å². The summed E-state index contributed by atoms with van der Waals surface area (Å²) in [4.78, 5) is 7.69. The van der Waals surface area contributed by atoms with Gasteiger partial charge in [0.15, 0.2) is 0 Å². The first-order valence-corrected chi connectivity index (χ1v) is 16.6. The molecule has 2 saturated heterocycles. The molecule has 10 nitrogen and oxygen atoms in total. The Bertz CT molecular complexity index is 1330. The number of rotatable bonds is 8. The van der Waals surface area contributed by atoms with Gasteiger partial charge in [-0.15, -0.1) is 0 Å². The Morgan fingerprint density at radius 1 is 0.529 bits per heavy atom. The Balaban J connectivity index is 0.000000224. The molecular formula is C38H44B2FeN2O8. The van der Waals surface area contributed by atoms with Crippen molar-refractivity contribution in [2.24, 2.45) is 9.98 Å². The normalized spacial score (nSPS) is 22.7. The molecule has 10 radical (unpaired) electrons. The van der Waals surface area contributed by atoms with Crippen molar-refractivity contribution in [3.8, 4) is 0 Å². The Labute approximate surface area is 315 Å². The molecule has 0 N–H and O–H groups in total. The van der Waals surface area contributed by atoms with E-state index in [9.17, 15) is 10.2 Å². The molecule has 0 bridgehead atoms. The summed E-state index contributed by atoms with van der Waals surface area (Å²) in [6.07, 6.45) is 13.1. The Kier molecular flexibility index (Phi) is 13.8. The second kappa shape index (κ2) is 17.1. The van der Waals surface area contributed by atoms with Crippen molar-refractivity contribution < 1.29 is 55.4 Å². The van der Waals surface area contributed by atoms with Crippen molar-refractivity contribution in [2.75, 3.05) is 0 Å². The van der Waals surface area contributed by atoms with E-state index in [2.05, 4.69) is 9.98 Å². The van der Waals surface area contributed by atoms with Crippen LogP contribution in [-0.2, 0) is 58.4 Å². The third-order valence-electron chi connectivity index (χ3n) is 9.47. The molecule has 0 aromatic heterocycles. The van der Waals surface area contributed by atoms with Gasteiger partial charge in [0, 0.05) is 13.2 Å². The number of nitrogens with zero attached hydrogens (tertiary/aromatic N) is 2. The van der Waals surface area contributed by atoms with Crippen LogP contribution in [0.1, 0.15) is 66.5 Å². The van der Waals surface area contributed by atoms with Gasteiger partial charge in [-0.2, -0.15) is 0 Å². The molecule has 51 heavy (non-hydrogen) atoms. The van der Waals surface area contributed by atoms with Gasteiger partial charge in [0.25, 0.3) is 0 Å². The molecule has 6 rings (SSSR count). The summed E-state index contributed by atoms with van der Waals surface area (Å²) in [5, 5.41) is 23.3. The van der Waals surface area contributed by atoms with Gasteiger partial charge < -0.3 is 38.3 Å². The fourth-order valence-corrected chi connectivity index (χ4v) is 4.94. The molecule has 2 aromatic rings.